The second kappa shape index (κ2) is 6.79. The SMILES string of the molecule is C[C@H](Oc1ccc2c(c1)OCO2)C(=O)NCc1ccccc1Cl. The molecule has 1 aliphatic heterocycles. The minimum atomic E-state index is -0.641. The molecule has 120 valence electrons. The van der Waals surface area contributed by atoms with Gasteiger partial charge in [-0.05, 0) is 30.7 Å². The van der Waals surface area contributed by atoms with Gasteiger partial charge in [-0.25, -0.2) is 0 Å². The second-order valence-electron chi connectivity index (χ2n) is 5.08. The summed E-state index contributed by atoms with van der Waals surface area (Å²) in [5, 5.41) is 3.43. The zero-order valence-electron chi connectivity index (χ0n) is 12.5. The van der Waals surface area contributed by atoms with Gasteiger partial charge in [-0.3, -0.25) is 4.79 Å². The number of ether oxygens (including phenoxy) is 3. The van der Waals surface area contributed by atoms with Gasteiger partial charge in [-0.15, -0.1) is 0 Å². The number of nitrogens with one attached hydrogen (secondary N) is 1. The molecule has 1 heterocycles. The summed E-state index contributed by atoms with van der Waals surface area (Å²) in [6.45, 7) is 2.24. The fourth-order valence-corrected chi connectivity index (χ4v) is 2.38. The molecule has 1 amide bonds. The van der Waals surface area contributed by atoms with Crippen LogP contribution >= 0.6 is 11.6 Å². The van der Waals surface area contributed by atoms with Crippen LogP contribution in [0.5, 0.6) is 17.2 Å². The van der Waals surface area contributed by atoms with Gasteiger partial charge in [0.15, 0.2) is 17.6 Å². The average Bonchev–Trinajstić information content (AvgIpc) is 3.01. The number of fused-ring (bicyclic) bond motifs is 1. The number of halogens is 1. The van der Waals surface area contributed by atoms with Crippen LogP contribution in [0.25, 0.3) is 0 Å². The van der Waals surface area contributed by atoms with Crippen LogP contribution in [0.1, 0.15) is 12.5 Å². The van der Waals surface area contributed by atoms with E-state index < -0.39 is 6.10 Å². The Labute approximate surface area is 139 Å². The van der Waals surface area contributed by atoms with Gasteiger partial charge < -0.3 is 19.5 Å². The first-order chi connectivity index (χ1) is 11.1. The Morgan fingerprint density at radius 2 is 2.04 bits per heavy atom. The highest BCUT2D eigenvalue weighted by Gasteiger charge is 2.18. The lowest BCUT2D eigenvalue weighted by atomic mass is 10.2. The average molecular weight is 334 g/mol. The maximum absolute atomic E-state index is 12.1. The molecular weight excluding hydrogens is 318 g/mol. The van der Waals surface area contributed by atoms with Crippen LogP contribution in [0.15, 0.2) is 42.5 Å². The van der Waals surface area contributed by atoms with Gasteiger partial charge >= 0.3 is 0 Å². The molecule has 1 aliphatic rings. The number of rotatable bonds is 5. The van der Waals surface area contributed by atoms with Crippen LogP contribution in [0.3, 0.4) is 0 Å². The molecule has 0 saturated heterocycles. The number of amides is 1. The minimum Gasteiger partial charge on any atom is -0.481 e. The molecule has 0 spiro atoms. The lowest BCUT2D eigenvalue weighted by Gasteiger charge is -2.15. The van der Waals surface area contributed by atoms with Crippen molar-refractivity contribution in [1.29, 1.82) is 0 Å². The van der Waals surface area contributed by atoms with E-state index in [9.17, 15) is 4.79 Å². The molecule has 0 aliphatic carbocycles. The summed E-state index contributed by atoms with van der Waals surface area (Å²) < 4.78 is 16.2. The molecule has 1 atom stereocenters. The summed E-state index contributed by atoms with van der Waals surface area (Å²) in [6.07, 6.45) is -0.641. The summed E-state index contributed by atoms with van der Waals surface area (Å²) in [5.41, 5.74) is 0.859. The Kier molecular flexibility index (Phi) is 4.57. The van der Waals surface area contributed by atoms with Gasteiger partial charge in [0.25, 0.3) is 5.91 Å². The van der Waals surface area contributed by atoms with E-state index in [1.165, 1.54) is 0 Å². The molecule has 0 fully saturated rings. The van der Waals surface area contributed by atoms with Gasteiger partial charge in [0.05, 0.1) is 0 Å². The molecule has 1 N–H and O–H groups in total. The van der Waals surface area contributed by atoms with Crippen LogP contribution in [0.4, 0.5) is 0 Å². The molecule has 2 aromatic rings. The molecule has 0 saturated carbocycles. The van der Waals surface area contributed by atoms with Crippen molar-refractivity contribution in [2.24, 2.45) is 0 Å². The highest BCUT2D eigenvalue weighted by atomic mass is 35.5. The first-order valence-electron chi connectivity index (χ1n) is 7.21. The van der Waals surface area contributed by atoms with E-state index in [-0.39, 0.29) is 12.7 Å². The lowest BCUT2D eigenvalue weighted by Crippen LogP contribution is -2.35. The predicted octanol–water partition coefficient (Wildman–Crippen LogP) is 3.15. The Bertz CT molecular complexity index is 719. The zero-order valence-corrected chi connectivity index (χ0v) is 13.3. The van der Waals surface area contributed by atoms with Crippen molar-refractivity contribution in [3.05, 3.63) is 53.1 Å². The molecule has 5 nitrogen and oxygen atoms in total. The fourth-order valence-electron chi connectivity index (χ4n) is 2.18. The summed E-state index contributed by atoms with van der Waals surface area (Å²) in [5.74, 6) is 1.62. The van der Waals surface area contributed by atoms with Gasteiger partial charge in [-0.1, -0.05) is 29.8 Å². The zero-order chi connectivity index (χ0) is 16.2. The quantitative estimate of drug-likeness (QED) is 0.913. The smallest absolute Gasteiger partial charge is 0.261 e. The molecule has 23 heavy (non-hydrogen) atoms. The number of hydrogen-bond acceptors (Lipinski definition) is 4. The molecule has 0 unspecified atom stereocenters. The fraction of sp³-hybridized carbons (Fsp3) is 0.235. The Balaban J connectivity index is 1.56. The molecule has 6 heteroatoms. The third-order valence-electron chi connectivity index (χ3n) is 3.44. The summed E-state index contributed by atoms with van der Waals surface area (Å²) in [6, 6.07) is 12.6. The second-order valence-corrected chi connectivity index (χ2v) is 5.49. The van der Waals surface area contributed by atoms with E-state index in [2.05, 4.69) is 5.32 Å². The van der Waals surface area contributed by atoms with E-state index >= 15 is 0 Å². The molecular formula is C17H16ClNO4. The van der Waals surface area contributed by atoms with E-state index in [0.717, 1.165) is 5.56 Å². The molecule has 3 rings (SSSR count). The minimum absolute atomic E-state index is 0.201. The lowest BCUT2D eigenvalue weighted by molar-refractivity contribution is -0.127. The van der Waals surface area contributed by atoms with Gasteiger partial charge in [0.2, 0.25) is 6.79 Å². The van der Waals surface area contributed by atoms with Crippen LogP contribution in [0, 0.1) is 0 Å². The van der Waals surface area contributed by atoms with Crippen molar-refractivity contribution < 1.29 is 19.0 Å². The largest absolute Gasteiger partial charge is 0.481 e. The summed E-state index contributed by atoms with van der Waals surface area (Å²) in [7, 11) is 0. The van der Waals surface area contributed by atoms with E-state index in [1.54, 1.807) is 31.2 Å². The van der Waals surface area contributed by atoms with Crippen LogP contribution in [-0.2, 0) is 11.3 Å². The Morgan fingerprint density at radius 3 is 2.87 bits per heavy atom. The van der Waals surface area contributed by atoms with Crippen LogP contribution in [-0.4, -0.2) is 18.8 Å². The van der Waals surface area contributed by atoms with E-state index in [0.29, 0.717) is 28.8 Å². The van der Waals surface area contributed by atoms with E-state index in [1.807, 2.05) is 18.2 Å². The maximum Gasteiger partial charge on any atom is 0.261 e. The first kappa shape index (κ1) is 15.5. The van der Waals surface area contributed by atoms with Gasteiger partial charge in [0.1, 0.15) is 5.75 Å². The highest BCUT2D eigenvalue weighted by Crippen LogP contribution is 2.35. The Morgan fingerprint density at radius 1 is 1.26 bits per heavy atom. The van der Waals surface area contributed by atoms with Crippen molar-refractivity contribution in [3.8, 4) is 17.2 Å². The molecule has 0 radical (unpaired) electrons. The highest BCUT2D eigenvalue weighted by molar-refractivity contribution is 6.31. The van der Waals surface area contributed by atoms with Crippen molar-refractivity contribution in [1.82, 2.24) is 5.32 Å². The molecule has 2 aromatic carbocycles. The van der Waals surface area contributed by atoms with Crippen molar-refractivity contribution in [2.75, 3.05) is 6.79 Å². The number of carbonyl (C=O) groups is 1. The standard InChI is InChI=1S/C17H16ClNO4/c1-11(17(20)19-9-12-4-2-3-5-14(12)18)23-13-6-7-15-16(8-13)22-10-21-15/h2-8,11H,9-10H2,1H3,(H,19,20)/t11-/m0/s1. The van der Waals surface area contributed by atoms with Gasteiger partial charge in [0, 0.05) is 17.6 Å². The maximum atomic E-state index is 12.1. The summed E-state index contributed by atoms with van der Waals surface area (Å²) >= 11 is 6.06. The number of hydrogen-bond donors (Lipinski definition) is 1. The third-order valence-corrected chi connectivity index (χ3v) is 3.81. The van der Waals surface area contributed by atoms with E-state index in [4.69, 9.17) is 25.8 Å². The Hall–Kier alpha value is -2.40. The number of benzene rings is 2. The number of carbonyl (C=O) groups excluding carboxylic acids is 1. The first-order valence-corrected chi connectivity index (χ1v) is 7.59. The molecule has 0 bridgehead atoms. The monoisotopic (exact) mass is 333 g/mol. The van der Waals surface area contributed by atoms with Crippen molar-refractivity contribution >= 4 is 17.5 Å². The molecule has 0 aromatic heterocycles. The van der Waals surface area contributed by atoms with Crippen LogP contribution < -0.4 is 19.5 Å². The third kappa shape index (κ3) is 3.68. The van der Waals surface area contributed by atoms with Crippen LogP contribution in [0.2, 0.25) is 5.02 Å². The normalized spacial score (nSPS) is 13.5. The topological polar surface area (TPSA) is 56.8 Å². The van der Waals surface area contributed by atoms with Crippen molar-refractivity contribution in [2.45, 2.75) is 19.6 Å². The van der Waals surface area contributed by atoms with Gasteiger partial charge in [-0.2, -0.15) is 0 Å². The predicted molar refractivity (Wildman–Crippen MR) is 86.0 cm³/mol. The summed E-state index contributed by atoms with van der Waals surface area (Å²) in [4.78, 5) is 12.1. The van der Waals surface area contributed by atoms with Crippen molar-refractivity contribution in [3.63, 3.8) is 0 Å².